The molecule has 1 N–H and O–H groups in total. The van der Waals surface area contributed by atoms with Crippen LogP contribution in [0.2, 0.25) is 0 Å². The van der Waals surface area contributed by atoms with Gasteiger partial charge in [0.1, 0.15) is 5.82 Å². The fourth-order valence-electron chi connectivity index (χ4n) is 2.95. The van der Waals surface area contributed by atoms with Gasteiger partial charge in [-0.2, -0.15) is 8.78 Å². The minimum Gasteiger partial charge on any atom is -0.392 e. The Balaban J connectivity index is 2.08. The van der Waals surface area contributed by atoms with E-state index in [4.69, 9.17) is 0 Å². The number of alkyl halides is 2. The van der Waals surface area contributed by atoms with E-state index in [1.807, 2.05) is 0 Å². The van der Waals surface area contributed by atoms with E-state index in [-0.39, 0.29) is 0 Å². The molecule has 114 valence electrons. The van der Waals surface area contributed by atoms with Gasteiger partial charge in [0.15, 0.2) is 0 Å². The molecule has 1 unspecified atom stereocenters. The largest absolute Gasteiger partial charge is 0.392 e. The summed E-state index contributed by atoms with van der Waals surface area (Å²) in [4.78, 5) is 6.14. The maximum Gasteiger partial charge on any atom is 0.319 e. The maximum atomic E-state index is 12.9. The summed E-state index contributed by atoms with van der Waals surface area (Å²) in [6.45, 7) is 0.0376. The van der Waals surface area contributed by atoms with Crippen LogP contribution in [0.5, 0.6) is 0 Å². The first kappa shape index (κ1) is 15.4. The van der Waals surface area contributed by atoms with E-state index in [0.29, 0.717) is 25.0 Å². The number of nitrogens with zero attached hydrogens (tertiary/aromatic N) is 3. The van der Waals surface area contributed by atoms with Crippen LogP contribution in [0.25, 0.3) is 0 Å². The number of halogens is 2. The Kier molecular flexibility index (Phi) is 5.48. The summed E-state index contributed by atoms with van der Waals surface area (Å²) in [5, 5.41) is 9.64. The molecule has 1 aromatic rings. The third-order valence-corrected chi connectivity index (χ3v) is 3.89. The molecule has 0 aromatic carbocycles. The minimum atomic E-state index is -2.56. The SMILES string of the molecule is CC(O)CN(Cc1nccn1C(F)F)C1CCCCC1. The van der Waals surface area contributed by atoms with Gasteiger partial charge in [0.05, 0.1) is 12.6 Å². The summed E-state index contributed by atoms with van der Waals surface area (Å²) < 4.78 is 26.6. The van der Waals surface area contributed by atoms with Gasteiger partial charge >= 0.3 is 6.55 Å². The van der Waals surface area contributed by atoms with Crippen molar-refractivity contribution in [3.63, 3.8) is 0 Å². The van der Waals surface area contributed by atoms with Crippen LogP contribution in [0, 0.1) is 0 Å². The molecule has 0 bridgehead atoms. The molecule has 0 radical (unpaired) electrons. The molecule has 1 saturated carbocycles. The summed E-state index contributed by atoms with van der Waals surface area (Å²) >= 11 is 0. The van der Waals surface area contributed by atoms with Gasteiger partial charge in [0.25, 0.3) is 0 Å². The first-order valence-electron chi connectivity index (χ1n) is 7.30. The number of aliphatic hydroxyl groups is 1. The Morgan fingerprint density at radius 3 is 2.70 bits per heavy atom. The highest BCUT2D eigenvalue weighted by atomic mass is 19.3. The van der Waals surface area contributed by atoms with Gasteiger partial charge in [-0.05, 0) is 19.8 Å². The molecule has 0 spiro atoms. The number of rotatable bonds is 6. The highest BCUT2D eigenvalue weighted by molar-refractivity contribution is 4.94. The molecule has 1 heterocycles. The summed E-state index contributed by atoms with van der Waals surface area (Å²) in [6.07, 6.45) is 7.97. The second-order valence-electron chi connectivity index (χ2n) is 5.60. The number of imidazole rings is 1. The lowest BCUT2D eigenvalue weighted by molar-refractivity contribution is 0.0509. The lowest BCUT2D eigenvalue weighted by atomic mass is 9.94. The second-order valence-corrected chi connectivity index (χ2v) is 5.60. The zero-order valence-electron chi connectivity index (χ0n) is 11.9. The van der Waals surface area contributed by atoms with Crippen molar-refractivity contribution < 1.29 is 13.9 Å². The summed E-state index contributed by atoms with van der Waals surface area (Å²) in [5.74, 6) is 0.367. The molecule has 4 nitrogen and oxygen atoms in total. The van der Waals surface area contributed by atoms with Gasteiger partial charge in [0.2, 0.25) is 0 Å². The van der Waals surface area contributed by atoms with Crippen molar-refractivity contribution in [1.82, 2.24) is 14.5 Å². The van der Waals surface area contributed by atoms with Crippen LogP contribution in [-0.2, 0) is 6.54 Å². The van der Waals surface area contributed by atoms with E-state index in [1.165, 1.54) is 31.7 Å². The molecule has 1 aliphatic rings. The van der Waals surface area contributed by atoms with Crippen molar-refractivity contribution in [3.8, 4) is 0 Å². The van der Waals surface area contributed by atoms with Crippen molar-refractivity contribution >= 4 is 0 Å². The zero-order valence-corrected chi connectivity index (χ0v) is 11.9. The summed E-state index contributed by atoms with van der Waals surface area (Å²) in [6, 6.07) is 0.362. The molecule has 2 rings (SSSR count). The molecule has 6 heteroatoms. The number of aliphatic hydroxyl groups excluding tert-OH is 1. The summed E-state index contributed by atoms with van der Waals surface area (Å²) in [5.41, 5.74) is 0. The monoisotopic (exact) mass is 287 g/mol. The lowest BCUT2D eigenvalue weighted by Crippen LogP contribution is -2.41. The quantitative estimate of drug-likeness (QED) is 0.874. The van der Waals surface area contributed by atoms with Gasteiger partial charge in [-0.3, -0.25) is 9.47 Å². The van der Waals surface area contributed by atoms with Gasteiger partial charge in [-0.25, -0.2) is 4.98 Å². The predicted molar refractivity (Wildman–Crippen MR) is 72.4 cm³/mol. The summed E-state index contributed by atoms with van der Waals surface area (Å²) in [7, 11) is 0. The molecule has 1 atom stereocenters. The first-order valence-corrected chi connectivity index (χ1v) is 7.30. The standard InChI is InChI=1S/C14H23F2N3O/c1-11(20)9-18(12-5-3-2-4-6-12)10-13-17-7-8-19(13)14(15)16/h7-8,11-12,14,20H,2-6,9-10H2,1H3. The smallest absolute Gasteiger partial charge is 0.319 e. The van der Waals surface area contributed by atoms with Crippen LogP contribution in [0.1, 0.15) is 51.4 Å². The fraction of sp³-hybridized carbons (Fsp3) is 0.786. The number of hydrogen-bond donors (Lipinski definition) is 1. The Hall–Kier alpha value is -1.01. The van der Waals surface area contributed by atoms with E-state index in [0.717, 1.165) is 17.4 Å². The number of hydrogen-bond acceptors (Lipinski definition) is 3. The van der Waals surface area contributed by atoms with Crippen LogP contribution >= 0.6 is 0 Å². The van der Waals surface area contributed by atoms with Crippen LogP contribution < -0.4 is 0 Å². The van der Waals surface area contributed by atoms with Crippen LogP contribution in [0.3, 0.4) is 0 Å². The highest BCUT2D eigenvalue weighted by Crippen LogP contribution is 2.24. The maximum absolute atomic E-state index is 12.9. The average Bonchev–Trinajstić information content (AvgIpc) is 2.87. The van der Waals surface area contributed by atoms with Crippen molar-refractivity contribution in [2.45, 2.75) is 64.3 Å². The Labute approximate surface area is 118 Å². The minimum absolute atomic E-state index is 0.362. The molecule has 1 aromatic heterocycles. The molecular formula is C14H23F2N3O. The zero-order chi connectivity index (χ0) is 14.5. The Bertz CT molecular complexity index is 403. The van der Waals surface area contributed by atoms with Crippen LogP contribution in [-0.4, -0.2) is 38.2 Å². The number of aromatic nitrogens is 2. The van der Waals surface area contributed by atoms with Gasteiger partial charge < -0.3 is 5.11 Å². The predicted octanol–water partition coefficient (Wildman–Crippen LogP) is 2.79. The lowest BCUT2D eigenvalue weighted by Gasteiger charge is -2.34. The van der Waals surface area contributed by atoms with Crippen molar-refractivity contribution in [3.05, 3.63) is 18.2 Å². The van der Waals surface area contributed by atoms with E-state index < -0.39 is 12.7 Å². The molecule has 1 fully saturated rings. The van der Waals surface area contributed by atoms with Crippen molar-refractivity contribution in [2.24, 2.45) is 0 Å². The third kappa shape index (κ3) is 3.99. The third-order valence-electron chi connectivity index (χ3n) is 3.89. The van der Waals surface area contributed by atoms with E-state index in [1.54, 1.807) is 6.92 Å². The van der Waals surface area contributed by atoms with Crippen LogP contribution in [0.4, 0.5) is 8.78 Å². The van der Waals surface area contributed by atoms with E-state index in [9.17, 15) is 13.9 Å². The van der Waals surface area contributed by atoms with Gasteiger partial charge in [-0.1, -0.05) is 19.3 Å². The van der Waals surface area contributed by atoms with Crippen molar-refractivity contribution in [1.29, 1.82) is 0 Å². The molecule has 0 saturated heterocycles. The molecule has 20 heavy (non-hydrogen) atoms. The van der Waals surface area contributed by atoms with E-state index >= 15 is 0 Å². The normalized spacial score (nSPS) is 18.9. The molecule has 1 aliphatic carbocycles. The highest BCUT2D eigenvalue weighted by Gasteiger charge is 2.24. The second kappa shape index (κ2) is 7.13. The topological polar surface area (TPSA) is 41.3 Å². The van der Waals surface area contributed by atoms with E-state index in [2.05, 4.69) is 9.88 Å². The van der Waals surface area contributed by atoms with Crippen molar-refractivity contribution in [2.75, 3.05) is 6.54 Å². The average molecular weight is 287 g/mol. The molecular weight excluding hydrogens is 264 g/mol. The fourth-order valence-corrected chi connectivity index (χ4v) is 2.95. The first-order chi connectivity index (χ1) is 9.58. The van der Waals surface area contributed by atoms with Crippen LogP contribution in [0.15, 0.2) is 12.4 Å². The molecule has 0 amide bonds. The Morgan fingerprint density at radius 1 is 1.40 bits per heavy atom. The van der Waals surface area contributed by atoms with Gasteiger partial charge in [0, 0.05) is 25.0 Å². The van der Waals surface area contributed by atoms with Gasteiger partial charge in [-0.15, -0.1) is 0 Å². The Morgan fingerprint density at radius 2 is 2.10 bits per heavy atom. The molecule has 0 aliphatic heterocycles.